The van der Waals surface area contributed by atoms with E-state index >= 15 is 0 Å². The molecule has 3 rings (SSSR count). The van der Waals surface area contributed by atoms with E-state index in [1.165, 1.54) is 11.8 Å². The molecule has 0 aliphatic heterocycles. The van der Waals surface area contributed by atoms with Crippen molar-refractivity contribution in [2.75, 3.05) is 0 Å². The molecule has 20 heavy (non-hydrogen) atoms. The van der Waals surface area contributed by atoms with Crippen LogP contribution >= 0.6 is 11.8 Å². The van der Waals surface area contributed by atoms with E-state index in [2.05, 4.69) is 16.0 Å². The second-order valence-electron chi connectivity index (χ2n) is 4.24. The van der Waals surface area contributed by atoms with Crippen molar-refractivity contribution >= 4 is 22.7 Å². The van der Waals surface area contributed by atoms with Crippen LogP contribution in [-0.4, -0.2) is 15.2 Å². The van der Waals surface area contributed by atoms with E-state index in [0.29, 0.717) is 11.6 Å². The number of nitrogens with zero attached hydrogens (tertiary/aromatic N) is 3. The maximum absolute atomic E-state index is 8.99. The minimum absolute atomic E-state index is 0.169. The van der Waals surface area contributed by atoms with Crippen molar-refractivity contribution in [1.29, 1.82) is 5.26 Å². The van der Waals surface area contributed by atoms with Crippen molar-refractivity contribution in [2.45, 2.75) is 17.2 Å². The Bertz CT molecular complexity index is 777. The zero-order chi connectivity index (χ0) is 13.9. The lowest BCUT2D eigenvalue weighted by molar-refractivity contribution is 0.577. The number of hydrogen-bond donors (Lipinski definition) is 0. The molecule has 2 aromatic heterocycles. The molecule has 98 valence electrons. The molecule has 0 aliphatic rings. The molecule has 0 fully saturated rings. The maximum Gasteiger partial charge on any atom is 0.197 e. The van der Waals surface area contributed by atoms with Gasteiger partial charge in [0.05, 0.1) is 23.1 Å². The van der Waals surface area contributed by atoms with Gasteiger partial charge in [0.1, 0.15) is 5.03 Å². The minimum atomic E-state index is -0.169. The first-order chi connectivity index (χ1) is 9.78. The van der Waals surface area contributed by atoms with Crippen molar-refractivity contribution < 1.29 is 4.42 Å². The van der Waals surface area contributed by atoms with Gasteiger partial charge in [-0.1, -0.05) is 30.0 Å². The van der Waals surface area contributed by atoms with E-state index in [1.54, 1.807) is 12.3 Å². The first-order valence-corrected chi connectivity index (χ1v) is 7.03. The third-order valence-corrected chi connectivity index (χ3v) is 3.77. The Balaban J connectivity index is 2.18. The molecular formula is C15H11N3OS. The van der Waals surface area contributed by atoms with Crippen LogP contribution in [-0.2, 0) is 0 Å². The summed E-state index contributed by atoms with van der Waals surface area (Å²) in [6.45, 7) is 1.86. The number of rotatable bonds is 3. The van der Waals surface area contributed by atoms with Crippen LogP contribution in [0.2, 0.25) is 0 Å². The number of thioether (sulfide) groups is 1. The van der Waals surface area contributed by atoms with E-state index in [9.17, 15) is 0 Å². The molecule has 0 saturated heterocycles. The Kier molecular flexibility index (Phi) is 3.40. The van der Waals surface area contributed by atoms with Gasteiger partial charge >= 0.3 is 0 Å². The van der Waals surface area contributed by atoms with Gasteiger partial charge < -0.3 is 4.42 Å². The van der Waals surface area contributed by atoms with Crippen LogP contribution in [0.4, 0.5) is 0 Å². The van der Waals surface area contributed by atoms with Gasteiger partial charge in [0.2, 0.25) is 0 Å². The molecule has 0 radical (unpaired) electrons. The smallest absolute Gasteiger partial charge is 0.197 e. The normalized spacial score (nSPS) is 12.2. The Morgan fingerprint density at radius 2 is 2.05 bits per heavy atom. The molecule has 0 aliphatic carbocycles. The molecule has 1 atom stereocenters. The number of hydrogen-bond acceptors (Lipinski definition) is 5. The summed E-state index contributed by atoms with van der Waals surface area (Å²) in [6.07, 6.45) is 1.60. The summed E-state index contributed by atoms with van der Waals surface area (Å²) in [6, 6.07) is 13.6. The largest absolute Gasteiger partial charge is 0.461 e. The summed E-state index contributed by atoms with van der Waals surface area (Å²) in [7, 11) is 0. The highest BCUT2D eigenvalue weighted by Crippen LogP contribution is 2.30. The van der Waals surface area contributed by atoms with Gasteiger partial charge in [-0.25, -0.2) is 9.97 Å². The number of benzene rings is 1. The van der Waals surface area contributed by atoms with Gasteiger partial charge in [0.15, 0.2) is 11.6 Å². The minimum Gasteiger partial charge on any atom is -0.461 e. The van der Waals surface area contributed by atoms with Crippen molar-refractivity contribution in [3.63, 3.8) is 0 Å². The lowest BCUT2D eigenvalue weighted by atomic mass is 10.2. The van der Waals surface area contributed by atoms with E-state index in [-0.39, 0.29) is 5.25 Å². The summed E-state index contributed by atoms with van der Waals surface area (Å²) >= 11 is 1.43. The topological polar surface area (TPSA) is 62.7 Å². The van der Waals surface area contributed by atoms with Crippen LogP contribution in [0.3, 0.4) is 0 Å². The quantitative estimate of drug-likeness (QED) is 0.538. The SMILES string of the molecule is C[C@H](C#N)Sc1nc(-c2ccco2)nc2ccccc12. The molecule has 3 aromatic rings. The van der Waals surface area contributed by atoms with Gasteiger partial charge in [-0.3, -0.25) is 0 Å². The molecule has 0 amide bonds. The first kappa shape index (κ1) is 12.7. The Hall–Kier alpha value is -2.32. The predicted octanol–water partition coefficient (Wildman–Crippen LogP) is 3.89. The summed E-state index contributed by atoms with van der Waals surface area (Å²) < 4.78 is 5.36. The molecule has 0 N–H and O–H groups in total. The van der Waals surface area contributed by atoms with E-state index in [4.69, 9.17) is 9.68 Å². The van der Waals surface area contributed by atoms with Crippen molar-refractivity contribution in [3.05, 3.63) is 42.7 Å². The van der Waals surface area contributed by atoms with Crippen LogP contribution in [0, 0.1) is 11.3 Å². The van der Waals surface area contributed by atoms with E-state index < -0.39 is 0 Å². The molecule has 4 nitrogen and oxygen atoms in total. The molecular weight excluding hydrogens is 270 g/mol. The lowest BCUT2D eigenvalue weighted by Crippen LogP contribution is -1.97. The molecule has 1 aromatic carbocycles. The average molecular weight is 281 g/mol. The van der Waals surface area contributed by atoms with Crippen LogP contribution < -0.4 is 0 Å². The Morgan fingerprint density at radius 3 is 2.80 bits per heavy atom. The fourth-order valence-corrected chi connectivity index (χ4v) is 2.67. The third-order valence-electron chi connectivity index (χ3n) is 2.78. The van der Waals surface area contributed by atoms with Crippen LogP contribution in [0.25, 0.3) is 22.5 Å². The van der Waals surface area contributed by atoms with Gasteiger partial charge in [-0.2, -0.15) is 5.26 Å². The summed E-state index contributed by atoms with van der Waals surface area (Å²) in [5, 5.41) is 10.6. The van der Waals surface area contributed by atoms with E-state index in [0.717, 1.165) is 15.9 Å². The van der Waals surface area contributed by atoms with Gasteiger partial charge in [-0.15, -0.1) is 0 Å². The van der Waals surface area contributed by atoms with E-state index in [1.807, 2.05) is 37.3 Å². The number of fused-ring (bicyclic) bond motifs is 1. The number of nitriles is 1. The highest BCUT2D eigenvalue weighted by atomic mass is 32.2. The Morgan fingerprint density at radius 1 is 1.20 bits per heavy atom. The molecule has 5 heteroatoms. The summed E-state index contributed by atoms with van der Waals surface area (Å²) in [5.74, 6) is 1.17. The second-order valence-corrected chi connectivity index (χ2v) is 5.57. The molecule has 2 heterocycles. The monoisotopic (exact) mass is 281 g/mol. The Labute approximate surface area is 120 Å². The zero-order valence-electron chi connectivity index (χ0n) is 10.8. The third kappa shape index (κ3) is 2.38. The van der Waals surface area contributed by atoms with Crippen molar-refractivity contribution in [3.8, 4) is 17.7 Å². The molecule has 0 saturated carbocycles. The number of aromatic nitrogens is 2. The fraction of sp³-hybridized carbons (Fsp3) is 0.133. The average Bonchev–Trinajstić information content (AvgIpc) is 3.01. The standard InChI is InChI=1S/C15H11N3OS/c1-10(9-16)20-15-11-5-2-3-6-12(11)17-14(18-15)13-7-4-8-19-13/h2-8,10H,1H3/t10-/m1/s1. The molecule has 0 unspecified atom stereocenters. The highest BCUT2D eigenvalue weighted by molar-refractivity contribution is 8.00. The first-order valence-electron chi connectivity index (χ1n) is 6.15. The molecule has 0 bridgehead atoms. The van der Waals surface area contributed by atoms with Gasteiger partial charge in [-0.05, 0) is 25.1 Å². The summed E-state index contributed by atoms with van der Waals surface area (Å²) in [5.41, 5.74) is 0.849. The van der Waals surface area contributed by atoms with Crippen LogP contribution in [0.5, 0.6) is 0 Å². The number of furan rings is 1. The fourth-order valence-electron chi connectivity index (χ4n) is 1.85. The second kappa shape index (κ2) is 5.35. The molecule has 0 spiro atoms. The predicted molar refractivity (Wildman–Crippen MR) is 78.2 cm³/mol. The van der Waals surface area contributed by atoms with Gasteiger partial charge in [0, 0.05) is 5.39 Å². The number of para-hydroxylation sites is 1. The lowest BCUT2D eigenvalue weighted by Gasteiger charge is -2.08. The van der Waals surface area contributed by atoms with Crippen LogP contribution in [0.15, 0.2) is 52.1 Å². The van der Waals surface area contributed by atoms with Crippen molar-refractivity contribution in [2.24, 2.45) is 0 Å². The highest BCUT2D eigenvalue weighted by Gasteiger charge is 2.13. The summed E-state index contributed by atoms with van der Waals surface area (Å²) in [4.78, 5) is 9.05. The zero-order valence-corrected chi connectivity index (χ0v) is 11.6. The van der Waals surface area contributed by atoms with Crippen molar-refractivity contribution in [1.82, 2.24) is 9.97 Å². The van der Waals surface area contributed by atoms with Crippen LogP contribution in [0.1, 0.15) is 6.92 Å². The maximum atomic E-state index is 8.99. The van der Waals surface area contributed by atoms with Gasteiger partial charge in [0.25, 0.3) is 0 Å².